The summed E-state index contributed by atoms with van der Waals surface area (Å²) in [4.78, 5) is 8.39. The highest BCUT2D eigenvalue weighted by atomic mass is 35.5. The van der Waals surface area contributed by atoms with Crippen LogP contribution in [-0.2, 0) is 0 Å². The van der Waals surface area contributed by atoms with E-state index in [0.29, 0.717) is 5.15 Å². The summed E-state index contributed by atoms with van der Waals surface area (Å²) in [6, 6.07) is 9.60. The number of rotatable bonds is 1. The molecule has 0 spiro atoms. The van der Waals surface area contributed by atoms with Gasteiger partial charge in [-0.1, -0.05) is 17.7 Å². The molecule has 0 bridgehead atoms. The summed E-state index contributed by atoms with van der Waals surface area (Å²) in [5.74, 6) is 0. The van der Waals surface area contributed by atoms with Crippen molar-refractivity contribution in [3.8, 4) is 11.3 Å². The molecule has 0 radical (unpaired) electrons. The highest BCUT2D eigenvalue weighted by Crippen LogP contribution is 2.23. The highest BCUT2D eigenvalue weighted by Gasteiger charge is 2.04. The first-order chi connectivity index (χ1) is 6.77. The fourth-order valence-corrected chi connectivity index (χ4v) is 1.49. The lowest BCUT2D eigenvalue weighted by Crippen LogP contribution is -1.88. The Hall–Kier alpha value is -1.41. The van der Waals surface area contributed by atoms with Crippen LogP contribution in [0, 0.1) is 6.92 Å². The molecular formula is C11H9ClN2. The molecule has 0 aliphatic carbocycles. The van der Waals surface area contributed by atoms with E-state index in [1.54, 1.807) is 6.20 Å². The Bertz CT molecular complexity index is 455. The summed E-state index contributed by atoms with van der Waals surface area (Å²) < 4.78 is 0. The number of pyridine rings is 2. The van der Waals surface area contributed by atoms with Crippen molar-refractivity contribution in [1.29, 1.82) is 0 Å². The highest BCUT2D eigenvalue weighted by molar-refractivity contribution is 6.31. The van der Waals surface area contributed by atoms with Crippen molar-refractivity contribution in [3.63, 3.8) is 0 Å². The Morgan fingerprint density at radius 3 is 2.71 bits per heavy atom. The first-order valence-electron chi connectivity index (χ1n) is 4.32. The molecule has 0 unspecified atom stereocenters. The monoisotopic (exact) mass is 204 g/mol. The van der Waals surface area contributed by atoms with Gasteiger partial charge in [0.05, 0.1) is 5.69 Å². The van der Waals surface area contributed by atoms with E-state index in [9.17, 15) is 0 Å². The normalized spacial score (nSPS) is 10.1. The maximum absolute atomic E-state index is 5.96. The van der Waals surface area contributed by atoms with Crippen molar-refractivity contribution in [2.75, 3.05) is 0 Å². The fraction of sp³-hybridized carbons (Fsp3) is 0.0909. The summed E-state index contributed by atoms with van der Waals surface area (Å²) in [5, 5.41) is 0.491. The molecule has 2 nitrogen and oxygen atoms in total. The fourth-order valence-electron chi connectivity index (χ4n) is 1.27. The standard InChI is InChI=1S/C11H9ClN2/c1-8-4-2-6-10(14-8)9-5-3-7-13-11(9)12/h2-7H,1H3. The zero-order chi connectivity index (χ0) is 9.97. The molecule has 0 N–H and O–H groups in total. The van der Waals surface area contributed by atoms with Crippen LogP contribution < -0.4 is 0 Å². The molecule has 0 saturated heterocycles. The molecular weight excluding hydrogens is 196 g/mol. The molecule has 0 fully saturated rings. The third-order valence-corrected chi connectivity index (χ3v) is 2.22. The Labute approximate surface area is 87.6 Å². The van der Waals surface area contributed by atoms with Gasteiger partial charge in [0.1, 0.15) is 5.15 Å². The Balaban J connectivity index is 2.55. The van der Waals surface area contributed by atoms with Crippen LogP contribution in [0.5, 0.6) is 0 Å². The van der Waals surface area contributed by atoms with Gasteiger partial charge in [0.15, 0.2) is 0 Å². The molecule has 0 amide bonds. The van der Waals surface area contributed by atoms with E-state index in [0.717, 1.165) is 17.0 Å². The van der Waals surface area contributed by atoms with Gasteiger partial charge in [-0.15, -0.1) is 0 Å². The van der Waals surface area contributed by atoms with Crippen molar-refractivity contribution in [2.24, 2.45) is 0 Å². The van der Waals surface area contributed by atoms with E-state index in [1.807, 2.05) is 37.3 Å². The summed E-state index contributed by atoms with van der Waals surface area (Å²) in [6.07, 6.45) is 1.67. The number of hydrogen-bond donors (Lipinski definition) is 0. The topological polar surface area (TPSA) is 25.8 Å². The summed E-state index contributed by atoms with van der Waals surface area (Å²) in [6.45, 7) is 1.95. The number of hydrogen-bond acceptors (Lipinski definition) is 2. The molecule has 0 aliphatic heterocycles. The lowest BCUT2D eigenvalue weighted by atomic mass is 10.2. The first-order valence-corrected chi connectivity index (χ1v) is 4.70. The van der Waals surface area contributed by atoms with Crippen molar-refractivity contribution in [2.45, 2.75) is 6.92 Å². The SMILES string of the molecule is Cc1cccc(-c2cccnc2Cl)n1. The molecule has 2 aromatic rings. The number of halogens is 1. The van der Waals surface area contributed by atoms with Gasteiger partial charge < -0.3 is 0 Å². The number of aryl methyl sites for hydroxylation is 1. The van der Waals surface area contributed by atoms with Crippen LogP contribution in [0.4, 0.5) is 0 Å². The zero-order valence-electron chi connectivity index (χ0n) is 7.74. The van der Waals surface area contributed by atoms with Crippen molar-refractivity contribution in [3.05, 3.63) is 47.4 Å². The Kier molecular flexibility index (Phi) is 2.46. The smallest absolute Gasteiger partial charge is 0.138 e. The van der Waals surface area contributed by atoms with E-state index >= 15 is 0 Å². The van der Waals surface area contributed by atoms with E-state index in [1.165, 1.54) is 0 Å². The number of nitrogens with zero attached hydrogens (tertiary/aromatic N) is 2. The average molecular weight is 205 g/mol. The summed E-state index contributed by atoms with van der Waals surface area (Å²) in [5.41, 5.74) is 2.71. The Morgan fingerprint density at radius 1 is 1.14 bits per heavy atom. The van der Waals surface area contributed by atoms with Crippen LogP contribution in [0.15, 0.2) is 36.5 Å². The van der Waals surface area contributed by atoms with Crippen LogP contribution in [0.1, 0.15) is 5.69 Å². The summed E-state index contributed by atoms with van der Waals surface area (Å²) >= 11 is 5.96. The molecule has 0 aromatic carbocycles. The maximum atomic E-state index is 5.96. The number of aromatic nitrogens is 2. The molecule has 2 heterocycles. The molecule has 2 rings (SSSR count). The minimum Gasteiger partial charge on any atom is -0.253 e. The largest absolute Gasteiger partial charge is 0.253 e. The molecule has 70 valence electrons. The lowest BCUT2D eigenvalue weighted by Gasteiger charge is -2.02. The van der Waals surface area contributed by atoms with Gasteiger partial charge in [0.25, 0.3) is 0 Å². The molecule has 14 heavy (non-hydrogen) atoms. The predicted octanol–water partition coefficient (Wildman–Crippen LogP) is 3.11. The van der Waals surface area contributed by atoms with Crippen molar-refractivity contribution >= 4 is 11.6 Å². The Morgan fingerprint density at radius 2 is 2.00 bits per heavy atom. The molecule has 0 saturated carbocycles. The third-order valence-electron chi connectivity index (χ3n) is 1.92. The molecule has 0 aliphatic rings. The van der Waals surface area contributed by atoms with Crippen LogP contribution in [-0.4, -0.2) is 9.97 Å². The molecule has 3 heteroatoms. The molecule has 2 aromatic heterocycles. The van der Waals surface area contributed by atoms with Gasteiger partial charge in [0.2, 0.25) is 0 Å². The van der Waals surface area contributed by atoms with Crippen LogP contribution >= 0.6 is 11.6 Å². The van der Waals surface area contributed by atoms with Gasteiger partial charge in [-0.05, 0) is 31.2 Å². The second-order valence-electron chi connectivity index (χ2n) is 3.01. The summed E-state index contributed by atoms with van der Waals surface area (Å²) in [7, 11) is 0. The van der Waals surface area contributed by atoms with Crippen LogP contribution in [0.3, 0.4) is 0 Å². The second-order valence-corrected chi connectivity index (χ2v) is 3.36. The van der Waals surface area contributed by atoms with Crippen molar-refractivity contribution < 1.29 is 0 Å². The zero-order valence-corrected chi connectivity index (χ0v) is 8.49. The third kappa shape index (κ3) is 1.75. The average Bonchev–Trinajstić information content (AvgIpc) is 2.18. The lowest BCUT2D eigenvalue weighted by molar-refractivity contribution is 1.20. The van der Waals surface area contributed by atoms with Gasteiger partial charge in [-0.25, -0.2) is 4.98 Å². The van der Waals surface area contributed by atoms with Crippen LogP contribution in [0.2, 0.25) is 5.15 Å². The second kappa shape index (κ2) is 3.76. The quantitative estimate of drug-likeness (QED) is 0.667. The molecule has 0 atom stereocenters. The minimum atomic E-state index is 0.491. The van der Waals surface area contributed by atoms with Crippen LogP contribution in [0.25, 0.3) is 11.3 Å². The van der Waals surface area contributed by atoms with Gasteiger partial charge in [-0.2, -0.15) is 0 Å². The first kappa shape index (κ1) is 9.16. The van der Waals surface area contributed by atoms with Gasteiger partial charge in [0, 0.05) is 17.5 Å². The van der Waals surface area contributed by atoms with E-state index < -0.39 is 0 Å². The van der Waals surface area contributed by atoms with Gasteiger partial charge >= 0.3 is 0 Å². The maximum Gasteiger partial charge on any atom is 0.138 e. The van der Waals surface area contributed by atoms with E-state index in [4.69, 9.17) is 11.6 Å². The van der Waals surface area contributed by atoms with E-state index in [-0.39, 0.29) is 0 Å². The van der Waals surface area contributed by atoms with Gasteiger partial charge in [-0.3, -0.25) is 4.98 Å². The predicted molar refractivity (Wildman–Crippen MR) is 57.2 cm³/mol. The van der Waals surface area contributed by atoms with Crippen molar-refractivity contribution in [1.82, 2.24) is 9.97 Å². The van der Waals surface area contributed by atoms with E-state index in [2.05, 4.69) is 9.97 Å². The minimum absolute atomic E-state index is 0.491.